The molecule has 0 bridgehead atoms. The molecule has 0 aliphatic carbocycles. The van der Waals surface area contributed by atoms with Gasteiger partial charge in [0.2, 0.25) is 0 Å². The molecule has 3 nitrogen and oxygen atoms in total. The number of nitrogens with one attached hydrogen (secondary N) is 1. The number of H-pyrrole nitrogens is 1. The first-order chi connectivity index (χ1) is 6.79. The topological polar surface area (TPSA) is 41.6 Å². The summed E-state index contributed by atoms with van der Waals surface area (Å²) in [5.74, 6) is 0. The van der Waals surface area contributed by atoms with Crippen molar-refractivity contribution in [1.82, 2.24) is 15.4 Å². The molecule has 80 valence electrons. The molecule has 0 aliphatic rings. The van der Waals surface area contributed by atoms with E-state index >= 15 is 0 Å². The lowest BCUT2D eigenvalue weighted by Crippen LogP contribution is -2.25. The zero-order chi connectivity index (χ0) is 10.4. The second kappa shape index (κ2) is 5.13. The molecule has 0 atom stereocenters. The van der Waals surface area contributed by atoms with Gasteiger partial charge in [-0.25, -0.2) is 0 Å². The van der Waals surface area contributed by atoms with E-state index in [1.54, 1.807) is 0 Å². The van der Waals surface area contributed by atoms with Crippen LogP contribution in [0, 0.1) is 0 Å². The van der Waals surface area contributed by atoms with E-state index in [0.29, 0.717) is 0 Å². The van der Waals surface area contributed by atoms with Crippen molar-refractivity contribution in [3.05, 3.63) is 11.9 Å². The summed E-state index contributed by atoms with van der Waals surface area (Å²) < 4.78 is 0. The minimum atomic E-state index is 0.285. The Bertz CT molecular complexity index is 235. The quantitative estimate of drug-likeness (QED) is 0.758. The van der Waals surface area contributed by atoms with Crippen LogP contribution in [0.1, 0.15) is 58.6 Å². The average molecular weight is 195 g/mol. The Morgan fingerprint density at radius 3 is 2.21 bits per heavy atom. The zero-order valence-corrected chi connectivity index (χ0v) is 9.51. The minimum absolute atomic E-state index is 0.285. The van der Waals surface area contributed by atoms with Crippen molar-refractivity contribution in [3.8, 4) is 0 Å². The minimum Gasteiger partial charge on any atom is -0.262 e. The van der Waals surface area contributed by atoms with Gasteiger partial charge in [0.25, 0.3) is 0 Å². The van der Waals surface area contributed by atoms with Crippen molar-refractivity contribution < 1.29 is 0 Å². The molecule has 3 heteroatoms. The molecule has 1 rings (SSSR count). The SMILES string of the molecule is CCCC(CC)(CCC)c1cnn[nH]1. The summed E-state index contributed by atoms with van der Waals surface area (Å²) in [6.45, 7) is 6.74. The first kappa shape index (κ1) is 11.2. The van der Waals surface area contributed by atoms with Crippen LogP contribution in [0.2, 0.25) is 0 Å². The van der Waals surface area contributed by atoms with Gasteiger partial charge in [-0.05, 0) is 19.3 Å². The molecule has 0 saturated heterocycles. The molecule has 0 radical (unpaired) electrons. The smallest absolute Gasteiger partial charge is 0.0728 e. The summed E-state index contributed by atoms with van der Waals surface area (Å²) in [6, 6.07) is 0. The van der Waals surface area contributed by atoms with Crippen molar-refractivity contribution in [3.63, 3.8) is 0 Å². The van der Waals surface area contributed by atoms with Gasteiger partial charge in [-0.15, -0.1) is 5.10 Å². The van der Waals surface area contributed by atoms with Gasteiger partial charge in [-0.2, -0.15) is 0 Å². The van der Waals surface area contributed by atoms with Crippen LogP contribution in [0.15, 0.2) is 6.20 Å². The number of nitrogens with zero attached hydrogens (tertiary/aromatic N) is 2. The van der Waals surface area contributed by atoms with Crippen LogP contribution >= 0.6 is 0 Å². The lowest BCUT2D eigenvalue weighted by molar-refractivity contribution is 0.334. The fourth-order valence-corrected chi connectivity index (χ4v) is 2.35. The van der Waals surface area contributed by atoms with Crippen LogP contribution in [-0.4, -0.2) is 15.4 Å². The maximum Gasteiger partial charge on any atom is 0.0728 e. The summed E-state index contributed by atoms with van der Waals surface area (Å²) in [5, 5.41) is 10.8. The second-order valence-electron chi connectivity index (χ2n) is 4.00. The van der Waals surface area contributed by atoms with Gasteiger partial charge in [0.05, 0.1) is 11.9 Å². The second-order valence-corrected chi connectivity index (χ2v) is 4.00. The predicted octanol–water partition coefficient (Wildman–Crippen LogP) is 3.05. The van der Waals surface area contributed by atoms with Crippen LogP contribution in [-0.2, 0) is 5.41 Å². The summed E-state index contributed by atoms with van der Waals surface area (Å²) in [4.78, 5) is 0. The average Bonchev–Trinajstić information content (AvgIpc) is 2.70. The number of aromatic amines is 1. The third-order valence-electron chi connectivity index (χ3n) is 3.12. The van der Waals surface area contributed by atoms with Crippen molar-refractivity contribution >= 4 is 0 Å². The molecular formula is C11H21N3. The van der Waals surface area contributed by atoms with Gasteiger partial charge in [-0.3, -0.25) is 5.10 Å². The van der Waals surface area contributed by atoms with Gasteiger partial charge >= 0.3 is 0 Å². The molecule has 1 heterocycles. The molecule has 0 amide bonds. The summed E-state index contributed by atoms with van der Waals surface area (Å²) in [6.07, 6.45) is 7.93. The Hall–Kier alpha value is -0.860. The first-order valence-electron chi connectivity index (χ1n) is 5.65. The van der Waals surface area contributed by atoms with Gasteiger partial charge < -0.3 is 0 Å². The Kier molecular flexibility index (Phi) is 4.11. The molecule has 1 aromatic rings. The van der Waals surface area contributed by atoms with Crippen molar-refractivity contribution in [2.24, 2.45) is 0 Å². The fourth-order valence-electron chi connectivity index (χ4n) is 2.35. The highest BCUT2D eigenvalue weighted by molar-refractivity contribution is 5.11. The third kappa shape index (κ3) is 2.14. The largest absolute Gasteiger partial charge is 0.262 e. The standard InChI is InChI=1S/C11H21N3/c1-4-7-11(6-3,8-5-2)10-9-12-14-13-10/h9H,4-8H2,1-3H3,(H,12,13,14). The van der Waals surface area contributed by atoms with E-state index in [1.807, 2.05) is 6.20 Å². The Labute approximate surface area is 86.3 Å². The van der Waals surface area contributed by atoms with E-state index in [1.165, 1.54) is 37.8 Å². The molecule has 0 saturated carbocycles. The highest BCUT2D eigenvalue weighted by atomic mass is 15.3. The molecule has 1 N–H and O–H groups in total. The first-order valence-corrected chi connectivity index (χ1v) is 5.65. The van der Waals surface area contributed by atoms with E-state index in [9.17, 15) is 0 Å². The Balaban J connectivity index is 2.88. The van der Waals surface area contributed by atoms with Crippen molar-refractivity contribution in [2.75, 3.05) is 0 Å². The highest BCUT2D eigenvalue weighted by Gasteiger charge is 2.30. The Morgan fingerprint density at radius 1 is 1.21 bits per heavy atom. The molecule has 0 aliphatic heterocycles. The van der Waals surface area contributed by atoms with Gasteiger partial charge in [0.15, 0.2) is 0 Å². The summed E-state index contributed by atoms with van der Waals surface area (Å²) in [7, 11) is 0. The van der Waals surface area contributed by atoms with E-state index in [4.69, 9.17) is 0 Å². The monoisotopic (exact) mass is 195 g/mol. The summed E-state index contributed by atoms with van der Waals surface area (Å²) >= 11 is 0. The maximum atomic E-state index is 3.90. The van der Waals surface area contributed by atoms with Crippen LogP contribution in [0.5, 0.6) is 0 Å². The predicted molar refractivity (Wildman–Crippen MR) is 58.2 cm³/mol. The van der Waals surface area contributed by atoms with Crippen LogP contribution in [0.4, 0.5) is 0 Å². The number of rotatable bonds is 6. The van der Waals surface area contributed by atoms with Gasteiger partial charge in [-0.1, -0.05) is 38.8 Å². The van der Waals surface area contributed by atoms with Crippen molar-refractivity contribution in [1.29, 1.82) is 0 Å². The fraction of sp³-hybridized carbons (Fsp3) is 0.818. The van der Waals surface area contributed by atoms with E-state index < -0.39 is 0 Å². The molecule has 1 aromatic heterocycles. The molecule has 0 fully saturated rings. The maximum absolute atomic E-state index is 3.90. The lowest BCUT2D eigenvalue weighted by atomic mass is 9.74. The molecular weight excluding hydrogens is 174 g/mol. The van der Waals surface area contributed by atoms with Crippen LogP contribution < -0.4 is 0 Å². The van der Waals surface area contributed by atoms with Crippen molar-refractivity contribution in [2.45, 2.75) is 58.3 Å². The number of aromatic nitrogens is 3. The van der Waals surface area contributed by atoms with E-state index in [2.05, 4.69) is 36.2 Å². The summed E-state index contributed by atoms with van der Waals surface area (Å²) in [5.41, 5.74) is 1.50. The van der Waals surface area contributed by atoms with Crippen LogP contribution in [0.25, 0.3) is 0 Å². The third-order valence-corrected chi connectivity index (χ3v) is 3.12. The molecule has 14 heavy (non-hydrogen) atoms. The van der Waals surface area contributed by atoms with Gasteiger partial charge in [0.1, 0.15) is 0 Å². The van der Waals surface area contributed by atoms with E-state index in [0.717, 1.165) is 0 Å². The molecule has 0 unspecified atom stereocenters. The normalized spacial score (nSPS) is 11.9. The highest BCUT2D eigenvalue weighted by Crippen LogP contribution is 2.35. The van der Waals surface area contributed by atoms with Gasteiger partial charge in [0, 0.05) is 5.41 Å². The molecule has 0 spiro atoms. The zero-order valence-electron chi connectivity index (χ0n) is 9.51. The number of hydrogen-bond donors (Lipinski definition) is 1. The number of hydrogen-bond acceptors (Lipinski definition) is 2. The van der Waals surface area contributed by atoms with Crippen LogP contribution in [0.3, 0.4) is 0 Å². The Morgan fingerprint density at radius 2 is 1.86 bits per heavy atom. The molecule has 0 aromatic carbocycles. The lowest BCUT2D eigenvalue weighted by Gasteiger charge is -2.30. The van der Waals surface area contributed by atoms with E-state index in [-0.39, 0.29) is 5.41 Å².